The molecule has 0 radical (unpaired) electrons. The molecule has 0 unspecified atom stereocenters. The average Bonchev–Trinajstić information content (AvgIpc) is 2.75. The Morgan fingerprint density at radius 1 is 1.06 bits per heavy atom. The summed E-state index contributed by atoms with van der Waals surface area (Å²) in [6.45, 7) is -0.107. The van der Waals surface area contributed by atoms with Crippen LogP contribution >= 0.6 is 0 Å². The normalized spacial score (nSPS) is 11.1. The minimum Gasteiger partial charge on any atom is -0.379 e. The average molecular weight is 462 g/mol. The Morgan fingerprint density at radius 3 is 2.38 bits per heavy atom. The van der Waals surface area contributed by atoms with Crippen LogP contribution in [0.4, 0.5) is 14.5 Å². The molecule has 0 aliphatic heterocycles. The van der Waals surface area contributed by atoms with Crippen LogP contribution in [0.1, 0.15) is 15.9 Å². The molecule has 3 rings (SSSR count). The van der Waals surface area contributed by atoms with E-state index >= 15 is 0 Å². The number of hydrogen-bond donors (Lipinski definition) is 0. The molecule has 0 saturated heterocycles. The van der Waals surface area contributed by atoms with Gasteiger partial charge in [-0.3, -0.25) is 14.9 Å². The van der Waals surface area contributed by atoms with Crippen molar-refractivity contribution in [1.29, 1.82) is 0 Å². The molecule has 0 N–H and O–H groups in total. The second-order valence-corrected chi connectivity index (χ2v) is 8.26. The van der Waals surface area contributed by atoms with Crippen LogP contribution in [-0.2, 0) is 16.7 Å². The molecule has 8 nitrogen and oxygen atoms in total. The number of carbonyl (C=O) groups excluding carboxylic acids is 1. The lowest BCUT2D eigenvalue weighted by molar-refractivity contribution is -0.385. The van der Waals surface area contributed by atoms with Crippen molar-refractivity contribution >= 4 is 21.7 Å². The van der Waals surface area contributed by atoms with Crippen LogP contribution in [0.25, 0.3) is 0 Å². The molecular weight excluding hydrogens is 446 g/mol. The number of non-ortho nitro benzene ring substituents is 1. The quantitative estimate of drug-likeness (QED) is 0.299. The minimum absolute atomic E-state index is 0.107. The molecule has 0 saturated carbocycles. The topological polar surface area (TPSA) is 107 Å². The Morgan fingerprint density at radius 2 is 1.75 bits per heavy atom. The number of carbonyl (C=O) groups is 1. The van der Waals surface area contributed by atoms with Gasteiger partial charge in [0.25, 0.3) is 11.6 Å². The maximum absolute atomic E-state index is 13.8. The first-order chi connectivity index (χ1) is 15.1. The molecule has 3 aromatic rings. The van der Waals surface area contributed by atoms with E-state index in [0.717, 1.165) is 30.3 Å². The van der Waals surface area contributed by atoms with E-state index in [4.69, 9.17) is 4.18 Å². The highest BCUT2D eigenvalue weighted by molar-refractivity contribution is 7.87. The number of nitrogens with zero attached hydrogens (tertiary/aromatic N) is 2. The summed E-state index contributed by atoms with van der Waals surface area (Å²) in [5, 5.41) is 10.8. The zero-order chi connectivity index (χ0) is 23.5. The van der Waals surface area contributed by atoms with E-state index < -0.39 is 43.2 Å². The van der Waals surface area contributed by atoms with Crippen LogP contribution < -0.4 is 4.18 Å². The van der Waals surface area contributed by atoms with Crippen molar-refractivity contribution in [1.82, 2.24) is 4.90 Å². The van der Waals surface area contributed by atoms with Gasteiger partial charge in [0, 0.05) is 42.9 Å². The number of halogens is 2. The number of nitro benzene ring substituents is 1. The van der Waals surface area contributed by atoms with Crippen LogP contribution in [0.3, 0.4) is 0 Å². The first-order valence-electron chi connectivity index (χ1n) is 9.05. The highest BCUT2D eigenvalue weighted by Crippen LogP contribution is 2.23. The molecular formula is C21H16F2N2O6S. The lowest BCUT2D eigenvalue weighted by Crippen LogP contribution is -2.26. The highest BCUT2D eigenvalue weighted by atomic mass is 32.2. The molecule has 0 aliphatic carbocycles. The van der Waals surface area contributed by atoms with Gasteiger partial charge in [-0.15, -0.1) is 0 Å². The molecule has 0 atom stereocenters. The Balaban J connectivity index is 1.72. The van der Waals surface area contributed by atoms with Gasteiger partial charge in [0.2, 0.25) is 0 Å². The van der Waals surface area contributed by atoms with Crippen molar-refractivity contribution in [2.45, 2.75) is 11.4 Å². The summed E-state index contributed by atoms with van der Waals surface area (Å²) in [6, 6.07) is 12.6. The number of hydrogen-bond acceptors (Lipinski definition) is 6. The van der Waals surface area contributed by atoms with Gasteiger partial charge in [-0.25, -0.2) is 8.78 Å². The maximum Gasteiger partial charge on any atom is 0.339 e. The molecule has 11 heteroatoms. The maximum atomic E-state index is 13.8. The number of amides is 1. The van der Waals surface area contributed by atoms with E-state index in [1.54, 1.807) is 0 Å². The van der Waals surface area contributed by atoms with Crippen LogP contribution in [0.2, 0.25) is 0 Å². The van der Waals surface area contributed by atoms with Gasteiger partial charge in [-0.05, 0) is 36.4 Å². The summed E-state index contributed by atoms with van der Waals surface area (Å²) >= 11 is 0. The Kier molecular flexibility index (Phi) is 6.49. The summed E-state index contributed by atoms with van der Waals surface area (Å²) < 4.78 is 56.6. The predicted molar refractivity (Wildman–Crippen MR) is 110 cm³/mol. The molecule has 3 aromatic carbocycles. The van der Waals surface area contributed by atoms with Crippen LogP contribution in [0.5, 0.6) is 5.75 Å². The number of benzene rings is 3. The van der Waals surface area contributed by atoms with E-state index in [-0.39, 0.29) is 23.4 Å². The fraction of sp³-hybridized carbons (Fsp3) is 0.0952. The number of nitro groups is 1. The van der Waals surface area contributed by atoms with Gasteiger partial charge in [-0.1, -0.05) is 12.1 Å². The SMILES string of the molecule is CN(Cc1ccc(F)cc1F)C(=O)c1ccc(OS(=O)(=O)c2cccc([N+](=O)[O-])c2)cc1. The summed E-state index contributed by atoms with van der Waals surface area (Å²) in [7, 11) is -2.91. The minimum atomic E-state index is -4.34. The van der Waals surface area contributed by atoms with Crippen molar-refractivity contribution in [2.24, 2.45) is 0 Å². The van der Waals surface area contributed by atoms with Crippen molar-refractivity contribution < 1.29 is 31.1 Å². The van der Waals surface area contributed by atoms with Crippen molar-refractivity contribution in [2.75, 3.05) is 7.05 Å². The monoisotopic (exact) mass is 462 g/mol. The molecule has 0 aliphatic rings. The molecule has 0 fully saturated rings. The van der Waals surface area contributed by atoms with Gasteiger partial charge >= 0.3 is 10.1 Å². The molecule has 0 heterocycles. The number of rotatable bonds is 7. The van der Waals surface area contributed by atoms with Gasteiger partial charge in [0.1, 0.15) is 22.3 Å². The van der Waals surface area contributed by atoms with Gasteiger partial charge in [0.15, 0.2) is 0 Å². The van der Waals surface area contributed by atoms with Gasteiger partial charge < -0.3 is 9.08 Å². The summed E-state index contributed by atoms with van der Waals surface area (Å²) in [5.74, 6) is -2.10. The lowest BCUT2D eigenvalue weighted by atomic mass is 10.1. The Bertz CT molecular complexity index is 1280. The summed E-state index contributed by atoms with van der Waals surface area (Å²) in [4.78, 5) is 23.5. The van der Waals surface area contributed by atoms with Crippen molar-refractivity contribution in [3.63, 3.8) is 0 Å². The fourth-order valence-electron chi connectivity index (χ4n) is 2.78. The fourth-order valence-corrected chi connectivity index (χ4v) is 3.75. The molecule has 0 bridgehead atoms. The zero-order valence-corrected chi connectivity index (χ0v) is 17.4. The zero-order valence-electron chi connectivity index (χ0n) is 16.6. The molecule has 0 aromatic heterocycles. The molecule has 166 valence electrons. The summed E-state index contributed by atoms with van der Waals surface area (Å²) in [6.07, 6.45) is 0. The van der Waals surface area contributed by atoms with Crippen molar-refractivity contribution in [3.8, 4) is 5.75 Å². The van der Waals surface area contributed by atoms with E-state index in [1.807, 2.05) is 0 Å². The molecule has 32 heavy (non-hydrogen) atoms. The van der Waals surface area contributed by atoms with E-state index in [0.29, 0.717) is 0 Å². The largest absolute Gasteiger partial charge is 0.379 e. The second kappa shape index (κ2) is 9.10. The third kappa shape index (κ3) is 5.24. The predicted octanol–water partition coefficient (Wildman–Crippen LogP) is 3.91. The highest BCUT2D eigenvalue weighted by Gasteiger charge is 2.20. The third-order valence-corrected chi connectivity index (χ3v) is 5.64. The van der Waals surface area contributed by atoms with Gasteiger partial charge in [0.05, 0.1) is 4.92 Å². The first-order valence-corrected chi connectivity index (χ1v) is 10.5. The van der Waals surface area contributed by atoms with Crippen LogP contribution in [0, 0.1) is 21.7 Å². The van der Waals surface area contributed by atoms with Crippen LogP contribution in [-0.4, -0.2) is 31.2 Å². The van der Waals surface area contributed by atoms with E-state index in [9.17, 15) is 32.1 Å². The second-order valence-electron chi connectivity index (χ2n) is 6.71. The van der Waals surface area contributed by atoms with E-state index in [2.05, 4.69) is 0 Å². The smallest absolute Gasteiger partial charge is 0.339 e. The molecule has 1 amide bonds. The standard InChI is InChI=1S/C21H16F2N2O6S/c1-24(13-15-5-8-16(22)11-20(15)23)21(26)14-6-9-18(10-7-14)31-32(29,30)19-4-2-3-17(12-19)25(27)28/h2-12H,13H2,1H3. The summed E-state index contributed by atoms with van der Waals surface area (Å²) in [5.41, 5.74) is -0.100. The lowest BCUT2D eigenvalue weighted by Gasteiger charge is -2.18. The third-order valence-electron chi connectivity index (χ3n) is 4.39. The Hall–Kier alpha value is -3.86. The Labute approximate surface area is 181 Å². The van der Waals surface area contributed by atoms with E-state index in [1.165, 1.54) is 48.3 Å². The van der Waals surface area contributed by atoms with Gasteiger partial charge in [-0.2, -0.15) is 8.42 Å². The van der Waals surface area contributed by atoms with Crippen molar-refractivity contribution in [3.05, 3.63) is 99.6 Å². The van der Waals surface area contributed by atoms with Crippen LogP contribution in [0.15, 0.2) is 71.6 Å². The molecule has 0 spiro atoms. The first kappa shape index (κ1) is 22.8.